The van der Waals surface area contributed by atoms with Crippen molar-refractivity contribution in [3.63, 3.8) is 0 Å². The van der Waals surface area contributed by atoms with Crippen LogP contribution in [0.25, 0.3) is 28.1 Å². The van der Waals surface area contributed by atoms with Crippen LogP contribution in [-0.4, -0.2) is 22.5 Å². The second kappa shape index (κ2) is 7.98. The number of nitrogens with zero attached hydrogens (tertiary/aromatic N) is 2. The number of amides is 1. The van der Waals surface area contributed by atoms with Crippen LogP contribution < -0.4 is 5.73 Å². The summed E-state index contributed by atoms with van der Waals surface area (Å²) in [5, 5.41) is 0. The van der Waals surface area contributed by atoms with Crippen molar-refractivity contribution in [1.29, 1.82) is 0 Å². The number of carbonyl (C=O) groups is 1. The molecule has 152 valence electrons. The Bertz CT molecular complexity index is 1140. The number of primary amides is 1. The van der Waals surface area contributed by atoms with Crippen LogP contribution >= 0.6 is 0 Å². The molecule has 0 fully saturated rings. The molecule has 0 saturated heterocycles. The maximum absolute atomic E-state index is 15.8. The van der Waals surface area contributed by atoms with Gasteiger partial charge in [0.05, 0.1) is 17.7 Å². The number of rotatable bonds is 4. The van der Waals surface area contributed by atoms with Gasteiger partial charge in [-0.2, -0.15) is 0 Å². The lowest BCUT2D eigenvalue weighted by Crippen LogP contribution is -2.19. The van der Waals surface area contributed by atoms with E-state index in [1.165, 1.54) is 12.4 Å². The SMILES string of the molecule is NC(=O)c1nc(-c2c(F)cccc2F)c(F)c(C2=CCCCO2)c1-c1cccnc1. The van der Waals surface area contributed by atoms with E-state index < -0.39 is 34.6 Å². The van der Waals surface area contributed by atoms with Gasteiger partial charge >= 0.3 is 0 Å². The fourth-order valence-corrected chi connectivity index (χ4v) is 3.39. The van der Waals surface area contributed by atoms with E-state index in [0.29, 0.717) is 18.6 Å². The molecule has 0 aliphatic carbocycles. The number of allylic oxidation sites excluding steroid dienone is 1. The molecule has 0 radical (unpaired) electrons. The lowest BCUT2D eigenvalue weighted by molar-refractivity contribution is 0.0996. The lowest BCUT2D eigenvalue weighted by Gasteiger charge is -2.21. The van der Waals surface area contributed by atoms with Crippen LogP contribution in [0.1, 0.15) is 28.9 Å². The van der Waals surface area contributed by atoms with Crippen LogP contribution in [0.2, 0.25) is 0 Å². The monoisotopic (exact) mass is 411 g/mol. The van der Waals surface area contributed by atoms with Crippen LogP contribution in [0.15, 0.2) is 48.8 Å². The first kappa shape index (κ1) is 19.6. The second-order valence-corrected chi connectivity index (χ2v) is 6.63. The van der Waals surface area contributed by atoms with Gasteiger partial charge in [-0.15, -0.1) is 0 Å². The summed E-state index contributed by atoms with van der Waals surface area (Å²) in [4.78, 5) is 20.2. The first-order valence-corrected chi connectivity index (χ1v) is 9.20. The molecule has 5 nitrogen and oxygen atoms in total. The summed E-state index contributed by atoms with van der Waals surface area (Å²) in [7, 11) is 0. The van der Waals surface area contributed by atoms with Crippen molar-refractivity contribution in [3.05, 3.63) is 77.5 Å². The highest BCUT2D eigenvalue weighted by molar-refractivity contribution is 6.01. The van der Waals surface area contributed by atoms with Crippen LogP contribution in [-0.2, 0) is 4.74 Å². The number of ether oxygens (including phenoxy) is 1. The number of nitrogens with two attached hydrogens (primary N) is 1. The molecule has 0 saturated carbocycles. The average molecular weight is 411 g/mol. The summed E-state index contributed by atoms with van der Waals surface area (Å²) in [6.45, 7) is 0.329. The Labute approximate surface area is 170 Å². The second-order valence-electron chi connectivity index (χ2n) is 6.63. The number of benzene rings is 1. The molecule has 3 aromatic rings. The Morgan fingerprint density at radius 1 is 1.03 bits per heavy atom. The van der Waals surface area contributed by atoms with E-state index >= 15 is 4.39 Å². The first-order chi connectivity index (χ1) is 14.5. The molecule has 0 bridgehead atoms. The fraction of sp³-hybridized carbons (Fsp3) is 0.136. The highest BCUT2D eigenvalue weighted by Gasteiger charge is 2.30. The lowest BCUT2D eigenvalue weighted by atomic mass is 9.93. The zero-order valence-corrected chi connectivity index (χ0v) is 15.7. The van der Waals surface area contributed by atoms with E-state index in [1.807, 2.05) is 0 Å². The van der Waals surface area contributed by atoms with E-state index in [2.05, 4.69) is 9.97 Å². The van der Waals surface area contributed by atoms with Gasteiger partial charge in [0.2, 0.25) is 0 Å². The van der Waals surface area contributed by atoms with Crippen LogP contribution in [0, 0.1) is 17.5 Å². The third-order valence-corrected chi connectivity index (χ3v) is 4.70. The average Bonchev–Trinajstić information content (AvgIpc) is 2.75. The Balaban J connectivity index is 2.13. The van der Waals surface area contributed by atoms with E-state index in [1.54, 1.807) is 18.2 Å². The quantitative estimate of drug-likeness (QED) is 0.687. The maximum Gasteiger partial charge on any atom is 0.267 e. The maximum atomic E-state index is 15.8. The number of hydrogen-bond acceptors (Lipinski definition) is 4. The molecule has 1 amide bonds. The summed E-state index contributed by atoms with van der Waals surface area (Å²) in [6, 6.07) is 6.32. The van der Waals surface area contributed by atoms with Crippen molar-refractivity contribution in [2.24, 2.45) is 5.73 Å². The van der Waals surface area contributed by atoms with Gasteiger partial charge in [-0.25, -0.2) is 18.2 Å². The van der Waals surface area contributed by atoms with Crippen molar-refractivity contribution in [1.82, 2.24) is 9.97 Å². The van der Waals surface area contributed by atoms with E-state index in [4.69, 9.17) is 10.5 Å². The zero-order valence-electron chi connectivity index (χ0n) is 15.7. The van der Waals surface area contributed by atoms with Gasteiger partial charge in [0.15, 0.2) is 5.82 Å². The molecule has 0 atom stereocenters. The molecule has 1 aliphatic heterocycles. The standard InChI is InChI=1S/C22H16F3N3O2/c23-13-6-3-7-14(24)17(13)20-19(25)18(15-8-1-2-10-30-15)16(21(28-20)22(26)29)12-5-4-9-27-11-12/h3-9,11H,1-2,10H2,(H2,26,29). The zero-order chi connectivity index (χ0) is 21.3. The van der Waals surface area contributed by atoms with Crippen molar-refractivity contribution in [2.45, 2.75) is 12.8 Å². The largest absolute Gasteiger partial charge is 0.493 e. The Hall–Kier alpha value is -3.68. The smallest absolute Gasteiger partial charge is 0.267 e. The minimum absolute atomic E-state index is 0.0572. The minimum atomic E-state index is -1.02. The molecule has 8 heteroatoms. The van der Waals surface area contributed by atoms with E-state index in [-0.39, 0.29) is 22.6 Å². The van der Waals surface area contributed by atoms with Crippen molar-refractivity contribution >= 4 is 11.7 Å². The highest BCUT2D eigenvalue weighted by atomic mass is 19.1. The van der Waals surface area contributed by atoms with Gasteiger partial charge in [-0.05, 0) is 37.1 Å². The molecule has 2 N–H and O–H groups in total. The predicted molar refractivity (Wildman–Crippen MR) is 104 cm³/mol. The molecular weight excluding hydrogens is 395 g/mol. The highest BCUT2D eigenvalue weighted by Crippen LogP contribution is 2.39. The van der Waals surface area contributed by atoms with Crippen LogP contribution in [0.5, 0.6) is 0 Å². The Kier molecular flexibility index (Phi) is 5.22. The van der Waals surface area contributed by atoms with Crippen molar-refractivity contribution in [3.8, 4) is 22.4 Å². The third-order valence-electron chi connectivity index (χ3n) is 4.70. The molecule has 0 unspecified atom stereocenters. The number of aromatic nitrogens is 2. The molecule has 30 heavy (non-hydrogen) atoms. The van der Waals surface area contributed by atoms with E-state index in [9.17, 15) is 13.6 Å². The number of pyridine rings is 2. The van der Waals surface area contributed by atoms with E-state index in [0.717, 1.165) is 24.6 Å². The van der Waals surface area contributed by atoms with Crippen molar-refractivity contribution < 1.29 is 22.7 Å². The summed E-state index contributed by atoms with van der Waals surface area (Å²) < 4.78 is 50.3. The number of carbonyl (C=O) groups excluding carboxylic acids is 1. The fourth-order valence-electron chi connectivity index (χ4n) is 3.39. The van der Waals surface area contributed by atoms with Crippen LogP contribution in [0.3, 0.4) is 0 Å². The topological polar surface area (TPSA) is 78.1 Å². The Morgan fingerprint density at radius 3 is 2.40 bits per heavy atom. The molecule has 4 rings (SSSR count). The summed E-state index contributed by atoms with van der Waals surface area (Å²) >= 11 is 0. The molecule has 3 heterocycles. The molecule has 2 aromatic heterocycles. The molecule has 1 aliphatic rings. The van der Waals surface area contributed by atoms with Crippen molar-refractivity contribution in [2.75, 3.05) is 6.61 Å². The summed E-state index contributed by atoms with van der Waals surface area (Å²) in [5.41, 5.74) is 4.13. The van der Waals surface area contributed by atoms with Gasteiger partial charge < -0.3 is 10.5 Å². The van der Waals surface area contributed by atoms with Gasteiger partial charge in [-0.1, -0.05) is 12.1 Å². The molecule has 1 aromatic carbocycles. The molecule has 0 spiro atoms. The summed E-state index contributed by atoms with van der Waals surface area (Å²) in [6.07, 6.45) is 5.93. The molecular formula is C22H16F3N3O2. The minimum Gasteiger partial charge on any atom is -0.493 e. The first-order valence-electron chi connectivity index (χ1n) is 9.20. The van der Waals surface area contributed by atoms with Gasteiger partial charge in [0.1, 0.15) is 28.8 Å². The third kappa shape index (κ3) is 3.41. The normalized spacial score (nSPS) is 13.5. The van der Waals surface area contributed by atoms with Gasteiger partial charge in [0, 0.05) is 23.5 Å². The van der Waals surface area contributed by atoms with Gasteiger partial charge in [0.25, 0.3) is 5.91 Å². The van der Waals surface area contributed by atoms with Crippen LogP contribution in [0.4, 0.5) is 13.2 Å². The predicted octanol–water partition coefficient (Wildman–Crippen LogP) is 4.48. The summed E-state index contributed by atoms with van der Waals surface area (Å²) in [5.74, 6) is -3.88. The Morgan fingerprint density at radius 2 is 1.80 bits per heavy atom. The van der Waals surface area contributed by atoms with Gasteiger partial charge in [-0.3, -0.25) is 9.78 Å². The number of halogens is 3. The number of hydrogen-bond donors (Lipinski definition) is 1.